The van der Waals surface area contributed by atoms with Crippen molar-refractivity contribution in [3.05, 3.63) is 64.1 Å². The molecular weight excluding hydrogens is 260 g/mol. The van der Waals surface area contributed by atoms with Crippen molar-refractivity contribution >= 4 is 11.6 Å². The highest BCUT2D eigenvalue weighted by Crippen LogP contribution is 2.24. The van der Waals surface area contributed by atoms with Crippen LogP contribution in [0.15, 0.2) is 47.3 Å². The van der Waals surface area contributed by atoms with Crippen LogP contribution < -0.4 is 0 Å². The first-order valence-electron chi connectivity index (χ1n) is 6.04. The Bertz CT molecular complexity index is 622. The molecule has 0 aliphatic carbocycles. The molecule has 20 heavy (non-hydrogen) atoms. The molecule has 0 radical (unpaired) electrons. The number of nitro groups is 1. The first-order chi connectivity index (χ1) is 9.50. The van der Waals surface area contributed by atoms with Gasteiger partial charge in [-0.3, -0.25) is 14.9 Å². The molecule has 0 unspecified atom stereocenters. The quantitative estimate of drug-likeness (QED) is 0.634. The van der Waals surface area contributed by atoms with Gasteiger partial charge in [0.05, 0.1) is 22.8 Å². The van der Waals surface area contributed by atoms with Gasteiger partial charge >= 0.3 is 0 Å². The summed E-state index contributed by atoms with van der Waals surface area (Å²) in [6, 6.07) is 7.57. The Labute approximate surface area is 115 Å². The molecule has 2 aromatic rings. The molecule has 6 heteroatoms. The Hall–Kier alpha value is -2.63. The van der Waals surface area contributed by atoms with E-state index in [1.807, 2.05) is 6.92 Å². The molecule has 6 nitrogen and oxygen atoms in total. The predicted octanol–water partition coefficient (Wildman–Crippen LogP) is 3.02. The summed E-state index contributed by atoms with van der Waals surface area (Å²) in [6.45, 7) is 1.82. The number of nitrogens with zero attached hydrogens (tertiary/aromatic N) is 2. The van der Waals surface area contributed by atoms with Crippen molar-refractivity contribution in [2.75, 3.05) is 7.05 Å². The summed E-state index contributed by atoms with van der Waals surface area (Å²) in [5, 5.41) is 10.8. The average Bonchev–Trinajstić information content (AvgIpc) is 2.99. The number of hydrogen-bond acceptors (Lipinski definition) is 4. The van der Waals surface area contributed by atoms with E-state index in [0.29, 0.717) is 11.1 Å². The molecule has 1 heterocycles. The molecule has 104 valence electrons. The minimum atomic E-state index is -0.450. The fourth-order valence-corrected chi connectivity index (χ4v) is 1.89. The van der Waals surface area contributed by atoms with E-state index < -0.39 is 4.92 Å². The Morgan fingerprint density at radius 1 is 1.40 bits per heavy atom. The minimum Gasteiger partial charge on any atom is -0.472 e. The van der Waals surface area contributed by atoms with E-state index in [4.69, 9.17) is 4.42 Å². The number of amides is 1. The summed E-state index contributed by atoms with van der Waals surface area (Å²) < 4.78 is 4.89. The number of carbonyl (C=O) groups is 1. The number of furan rings is 1. The first kappa shape index (κ1) is 13.8. The lowest BCUT2D eigenvalue weighted by Gasteiger charge is -2.24. The summed E-state index contributed by atoms with van der Waals surface area (Å²) in [7, 11) is 1.65. The van der Waals surface area contributed by atoms with Crippen molar-refractivity contribution in [2.24, 2.45) is 0 Å². The van der Waals surface area contributed by atoms with Gasteiger partial charge in [0.1, 0.15) is 6.26 Å². The Morgan fingerprint density at radius 2 is 2.15 bits per heavy atom. The largest absolute Gasteiger partial charge is 0.472 e. The molecule has 0 saturated heterocycles. The molecular formula is C14H14N2O4. The van der Waals surface area contributed by atoms with Gasteiger partial charge in [0, 0.05) is 19.2 Å². The third kappa shape index (κ3) is 2.69. The van der Waals surface area contributed by atoms with Crippen LogP contribution in [-0.4, -0.2) is 22.8 Å². The second-order valence-corrected chi connectivity index (χ2v) is 4.46. The van der Waals surface area contributed by atoms with Crippen molar-refractivity contribution in [1.82, 2.24) is 4.90 Å². The maximum absolute atomic E-state index is 12.2. The minimum absolute atomic E-state index is 0.0125. The molecule has 0 bridgehead atoms. The van der Waals surface area contributed by atoms with Gasteiger partial charge in [0.15, 0.2) is 0 Å². The van der Waals surface area contributed by atoms with Crippen molar-refractivity contribution < 1.29 is 14.1 Å². The zero-order valence-electron chi connectivity index (χ0n) is 11.1. The highest BCUT2D eigenvalue weighted by Gasteiger charge is 2.21. The van der Waals surface area contributed by atoms with E-state index in [1.54, 1.807) is 25.2 Å². The molecule has 1 amide bonds. The smallest absolute Gasteiger partial charge is 0.269 e. The highest BCUT2D eigenvalue weighted by molar-refractivity contribution is 5.93. The van der Waals surface area contributed by atoms with Crippen LogP contribution in [0.3, 0.4) is 0 Å². The lowest BCUT2D eigenvalue weighted by atomic mass is 10.1. The number of rotatable bonds is 4. The third-order valence-corrected chi connectivity index (χ3v) is 3.23. The van der Waals surface area contributed by atoms with Crippen LogP contribution in [0.2, 0.25) is 0 Å². The van der Waals surface area contributed by atoms with Crippen LogP contribution in [0.1, 0.15) is 28.9 Å². The Balaban J connectivity index is 2.22. The molecule has 0 spiro atoms. The first-order valence-corrected chi connectivity index (χ1v) is 6.04. The highest BCUT2D eigenvalue weighted by atomic mass is 16.6. The Kier molecular flexibility index (Phi) is 3.84. The molecule has 0 saturated carbocycles. The maximum atomic E-state index is 12.2. The normalized spacial score (nSPS) is 11.9. The van der Waals surface area contributed by atoms with Gasteiger partial charge in [-0.15, -0.1) is 0 Å². The number of carbonyl (C=O) groups excluding carboxylic acids is 1. The molecule has 0 fully saturated rings. The average molecular weight is 274 g/mol. The van der Waals surface area contributed by atoms with Crippen LogP contribution >= 0.6 is 0 Å². The number of non-ortho nitro benzene ring substituents is 1. The fraction of sp³-hybridized carbons (Fsp3) is 0.214. The second-order valence-electron chi connectivity index (χ2n) is 4.46. The number of hydrogen-bond donors (Lipinski definition) is 0. The van der Waals surface area contributed by atoms with Gasteiger partial charge < -0.3 is 9.32 Å². The van der Waals surface area contributed by atoms with Crippen LogP contribution in [0.5, 0.6) is 0 Å². The van der Waals surface area contributed by atoms with Crippen molar-refractivity contribution in [3.8, 4) is 0 Å². The van der Waals surface area contributed by atoms with E-state index in [9.17, 15) is 14.9 Å². The molecule has 1 aromatic heterocycles. The second kappa shape index (κ2) is 5.56. The van der Waals surface area contributed by atoms with E-state index in [-0.39, 0.29) is 17.6 Å². The van der Waals surface area contributed by atoms with E-state index in [2.05, 4.69) is 0 Å². The van der Waals surface area contributed by atoms with Gasteiger partial charge in [0.2, 0.25) is 0 Å². The van der Waals surface area contributed by atoms with Gasteiger partial charge in [-0.1, -0.05) is 12.1 Å². The van der Waals surface area contributed by atoms with Gasteiger partial charge in [-0.05, 0) is 18.6 Å². The zero-order chi connectivity index (χ0) is 14.7. The summed E-state index contributed by atoms with van der Waals surface area (Å²) in [5.74, 6) is -0.197. The van der Waals surface area contributed by atoms with E-state index in [0.717, 1.165) is 0 Å². The molecule has 0 aliphatic rings. The van der Waals surface area contributed by atoms with Gasteiger partial charge in [-0.25, -0.2) is 0 Å². The predicted molar refractivity (Wildman–Crippen MR) is 72.3 cm³/mol. The summed E-state index contributed by atoms with van der Waals surface area (Å²) in [4.78, 5) is 24.0. The molecule has 1 aromatic carbocycles. The molecule has 0 N–H and O–H groups in total. The van der Waals surface area contributed by atoms with Gasteiger partial charge in [-0.2, -0.15) is 0 Å². The lowest BCUT2D eigenvalue weighted by molar-refractivity contribution is -0.384. The van der Waals surface area contributed by atoms with Crippen LogP contribution in [0.4, 0.5) is 5.69 Å². The fourth-order valence-electron chi connectivity index (χ4n) is 1.89. The summed E-state index contributed by atoms with van der Waals surface area (Å²) >= 11 is 0. The topological polar surface area (TPSA) is 76.6 Å². The maximum Gasteiger partial charge on any atom is 0.269 e. The van der Waals surface area contributed by atoms with Crippen molar-refractivity contribution in [1.29, 1.82) is 0 Å². The standard InChI is InChI=1S/C14H14N2O4/c1-10(11-4-3-5-13(8-11)16(18)19)15(2)14(17)12-6-7-20-9-12/h3-10H,1-2H3/t10-/m0/s1. The van der Waals surface area contributed by atoms with Crippen LogP contribution in [0.25, 0.3) is 0 Å². The SMILES string of the molecule is C[C@@H](c1cccc([N+](=O)[O-])c1)N(C)C(=O)c1ccoc1. The third-order valence-electron chi connectivity index (χ3n) is 3.23. The molecule has 2 rings (SSSR count). The summed E-state index contributed by atoms with van der Waals surface area (Å²) in [5.41, 5.74) is 1.17. The van der Waals surface area contributed by atoms with Crippen LogP contribution in [-0.2, 0) is 0 Å². The van der Waals surface area contributed by atoms with Crippen LogP contribution in [0, 0.1) is 10.1 Å². The lowest BCUT2D eigenvalue weighted by Crippen LogP contribution is -2.29. The zero-order valence-corrected chi connectivity index (χ0v) is 11.1. The van der Waals surface area contributed by atoms with E-state index >= 15 is 0 Å². The van der Waals surface area contributed by atoms with Crippen molar-refractivity contribution in [3.63, 3.8) is 0 Å². The molecule has 0 aliphatic heterocycles. The Morgan fingerprint density at radius 3 is 2.75 bits per heavy atom. The summed E-state index contributed by atoms with van der Waals surface area (Å²) in [6.07, 6.45) is 2.80. The molecule has 1 atom stereocenters. The number of benzene rings is 1. The van der Waals surface area contributed by atoms with Crippen molar-refractivity contribution in [2.45, 2.75) is 13.0 Å². The number of nitro benzene ring substituents is 1. The van der Waals surface area contributed by atoms with E-state index in [1.165, 1.54) is 29.6 Å². The monoisotopic (exact) mass is 274 g/mol. The van der Waals surface area contributed by atoms with Gasteiger partial charge in [0.25, 0.3) is 11.6 Å².